The molecule has 1 aromatic rings. The van der Waals surface area contributed by atoms with Gasteiger partial charge < -0.3 is 20.1 Å². The number of amides is 1. The Balaban J connectivity index is 1.79. The van der Waals surface area contributed by atoms with Crippen molar-refractivity contribution in [1.29, 1.82) is 0 Å². The van der Waals surface area contributed by atoms with Gasteiger partial charge in [0, 0.05) is 13.1 Å². The van der Waals surface area contributed by atoms with Gasteiger partial charge in [0.05, 0.1) is 13.2 Å². The molecule has 0 spiro atoms. The van der Waals surface area contributed by atoms with Crippen LogP contribution >= 0.6 is 0 Å². The molecule has 1 aliphatic rings. The lowest BCUT2D eigenvalue weighted by Crippen LogP contribution is -2.51. The van der Waals surface area contributed by atoms with E-state index in [1.807, 2.05) is 0 Å². The van der Waals surface area contributed by atoms with Gasteiger partial charge in [0.2, 0.25) is 5.91 Å². The Kier molecular flexibility index (Phi) is 5.25. The number of nitrogens with one attached hydrogen (secondary N) is 2. The summed E-state index contributed by atoms with van der Waals surface area (Å²) in [5.74, 6) is -0.0463. The van der Waals surface area contributed by atoms with Crippen LogP contribution in [-0.2, 0) is 16.1 Å². The van der Waals surface area contributed by atoms with Crippen LogP contribution in [0.4, 0.5) is 8.78 Å². The molecule has 1 aliphatic heterocycles. The van der Waals surface area contributed by atoms with Crippen LogP contribution in [0.3, 0.4) is 0 Å². The molecule has 1 saturated heterocycles. The second-order valence-corrected chi connectivity index (χ2v) is 4.32. The Morgan fingerprint density at radius 1 is 1.45 bits per heavy atom. The SMILES string of the molecule is O=C(NCc1ccc(OC(F)F)cc1)C1COCCN1. The summed E-state index contributed by atoms with van der Waals surface area (Å²) in [5.41, 5.74) is 0.802. The summed E-state index contributed by atoms with van der Waals surface area (Å²) in [6.45, 7) is -0.899. The maximum atomic E-state index is 12.0. The summed E-state index contributed by atoms with van der Waals surface area (Å²) in [7, 11) is 0. The van der Waals surface area contributed by atoms with Crippen LogP contribution in [0.5, 0.6) is 5.75 Å². The van der Waals surface area contributed by atoms with Gasteiger partial charge in [-0.25, -0.2) is 0 Å². The molecule has 1 fully saturated rings. The molecule has 20 heavy (non-hydrogen) atoms. The average Bonchev–Trinajstić information content (AvgIpc) is 2.46. The van der Waals surface area contributed by atoms with Gasteiger partial charge in [0.15, 0.2) is 0 Å². The van der Waals surface area contributed by atoms with Gasteiger partial charge in [-0.3, -0.25) is 4.79 Å². The molecule has 1 unspecified atom stereocenters. The van der Waals surface area contributed by atoms with Crippen LogP contribution in [-0.4, -0.2) is 38.3 Å². The van der Waals surface area contributed by atoms with E-state index in [4.69, 9.17) is 4.74 Å². The van der Waals surface area contributed by atoms with Crippen molar-refractivity contribution < 1.29 is 23.0 Å². The number of ether oxygens (including phenoxy) is 2. The maximum Gasteiger partial charge on any atom is 0.387 e. The molecular weight excluding hydrogens is 270 g/mol. The number of hydrogen-bond acceptors (Lipinski definition) is 4. The molecule has 1 aromatic carbocycles. The van der Waals surface area contributed by atoms with E-state index >= 15 is 0 Å². The third kappa shape index (κ3) is 4.43. The Hall–Kier alpha value is -1.73. The largest absolute Gasteiger partial charge is 0.435 e. The predicted molar refractivity (Wildman–Crippen MR) is 67.5 cm³/mol. The highest BCUT2D eigenvalue weighted by molar-refractivity contribution is 5.81. The predicted octanol–water partition coefficient (Wildman–Crippen LogP) is 0.893. The van der Waals surface area contributed by atoms with Crippen molar-refractivity contribution in [1.82, 2.24) is 10.6 Å². The van der Waals surface area contributed by atoms with Crippen molar-refractivity contribution in [2.45, 2.75) is 19.2 Å². The number of alkyl halides is 2. The van der Waals surface area contributed by atoms with E-state index in [2.05, 4.69) is 15.4 Å². The van der Waals surface area contributed by atoms with Gasteiger partial charge in [-0.05, 0) is 17.7 Å². The zero-order valence-corrected chi connectivity index (χ0v) is 10.8. The van der Waals surface area contributed by atoms with Crippen molar-refractivity contribution in [2.24, 2.45) is 0 Å². The molecule has 2 N–H and O–H groups in total. The summed E-state index contributed by atoms with van der Waals surface area (Å²) >= 11 is 0. The molecule has 0 aromatic heterocycles. The van der Waals surface area contributed by atoms with Gasteiger partial charge in [0.25, 0.3) is 0 Å². The van der Waals surface area contributed by atoms with Crippen molar-refractivity contribution in [3.05, 3.63) is 29.8 Å². The number of carbonyl (C=O) groups excluding carboxylic acids is 1. The van der Waals surface area contributed by atoms with E-state index in [1.165, 1.54) is 12.1 Å². The number of rotatable bonds is 5. The van der Waals surface area contributed by atoms with E-state index < -0.39 is 6.61 Å². The third-order valence-electron chi connectivity index (χ3n) is 2.85. The Morgan fingerprint density at radius 3 is 2.80 bits per heavy atom. The lowest BCUT2D eigenvalue weighted by Gasteiger charge is -2.22. The molecule has 0 aliphatic carbocycles. The van der Waals surface area contributed by atoms with Crippen LogP contribution in [0.15, 0.2) is 24.3 Å². The number of morpholine rings is 1. The first-order valence-electron chi connectivity index (χ1n) is 6.28. The second kappa shape index (κ2) is 7.16. The smallest absolute Gasteiger partial charge is 0.387 e. The van der Waals surface area contributed by atoms with Gasteiger partial charge in [-0.2, -0.15) is 8.78 Å². The average molecular weight is 286 g/mol. The maximum absolute atomic E-state index is 12.0. The molecule has 7 heteroatoms. The minimum absolute atomic E-state index is 0.0948. The molecule has 1 heterocycles. The van der Waals surface area contributed by atoms with Crippen LogP contribution < -0.4 is 15.4 Å². The molecule has 110 valence electrons. The van der Waals surface area contributed by atoms with E-state index in [-0.39, 0.29) is 17.7 Å². The Bertz CT molecular complexity index is 434. The van der Waals surface area contributed by atoms with Crippen molar-refractivity contribution in [3.8, 4) is 5.75 Å². The first kappa shape index (κ1) is 14.7. The Morgan fingerprint density at radius 2 is 2.20 bits per heavy atom. The summed E-state index contributed by atoms with van der Waals surface area (Å²) in [5, 5.41) is 5.80. The second-order valence-electron chi connectivity index (χ2n) is 4.32. The highest BCUT2D eigenvalue weighted by Crippen LogP contribution is 2.14. The number of benzene rings is 1. The minimum atomic E-state index is -2.84. The van der Waals surface area contributed by atoms with Gasteiger partial charge in [-0.1, -0.05) is 12.1 Å². The highest BCUT2D eigenvalue weighted by atomic mass is 19.3. The summed E-state index contributed by atoms with van der Waals surface area (Å²) < 4.78 is 33.4. The standard InChI is InChI=1S/C13H16F2N2O3/c14-13(15)20-10-3-1-9(2-4-10)7-17-12(18)11-8-19-6-5-16-11/h1-4,11,13,16H,5-8H2,(H,17,18). The summed E-state index contributed by atoms with van der Waals surface area (Å²) in [6, 6.07) is 5.79. The van der Waals surface area contributed by atoms with Crippen molar-refractivity contribution >= 4 is 5.91 Å². The normalized spacial score (nSPS) is 18.9. The molecule has 2 rings (SSSR count). The fourth-order valence-corrected chi connectivity index (χ4v) is 1.83. The van der Waals surface area contributed by atoms with Crippen molar-refractivity contribution in [3.63, 3.8) is 0 Å². The quantitative estimate of drug-likeness (QED) is 0.844. The van der Waals surface area contributed by atoms with Crippen LogP contribution in [0, 0.1) is 0 Å². The summed E-state index contributed by atoms with van der Waals surface area (Å²) in [6.07, 6.45) is 0. The Labute approximate surface area is 115 Å². The van der Waals surface area contributed by atoms with Crippen molar-refractivity contribution in [2.75, 3.05) is 19.8 Å². The highest BCUT2D eigenvalue weighted by Gasteiger charge is 2.20. The molecule has 0 radical (unpaired) electrons. The van der Waals surface area contributed by atoms with Crippen LogP contribution in [0.1, 0.15) is 5.56 Å². The minimum Gasteiger partial charge on any atom is -0.435 e. The monoisotopic (exact) mass is 286 g/mol. The van der Waals surface area contributed by atoms with Gasteiger partial charge in [-0.15, -0.1) is 0 Å². The number of halogens is 2. The van der Waals surface area contributed by atoms with E-state index in [0.717, 1.165) is 5.56 Å². The molecule has 5 nitrogen and oxygen atoms in total. The fraction of sp³-hybridized carbons (Fsp3) is 0.462. The fourth-order valence-electron chi connectivity index (χ4n) is 1.83. The van der Waals surface area contributed by atoms with E-state index in [9.17, 15) is 13.6 Å². The number of hydrogen-bond donors (Lipinski definition) is 2. The zero-order chi connectivity index (χ0) is 14.4. The van der Waals surface area contributed by atoms with E-state index in [1.54, 1.807) is 12.1 Å². The topological polar surface area (TPSA) is 59.6 Å². The summed E-state index contributed by atoms with van der Waals surface area (Å²) in [4.78, 5) is 11.8. The van der Waals surface area contributed by atoms with Gasteiger partial charge >= 0.3 is 6.61 Å². The molecule has 0 bridgehead atoms. The van der Waals surface area contributed by atoms with Gasteiger partial charge in [0.1, 0.15) is 11.8 Å². The molecule has 0 saturated carbocycles. The molecule has 1 atom stereocenters. The first-order valence-corrected chi connectivity index (χ1v) is 6.28. The van der Waals surface area contributed by atoms with Crippen LogP contribution in [0.2, 0.25) is 0 Å². The lowest BCUT2D eigenvalue weighted by molar-refractivity contribution is -0.126. The third-order valence-corrected chi connectivity index (χ3v) is 2.85. The van der Waals surface area contributed by atoms with E-state index in [0.29, 0.717) is 26.3 Å². The van der Waals surface area contributed by atoms with Crippen LogP contribution in [0.25, 0.3) is 0 Å². The molecular formula is C13H16F2N2O3. The lowest BCUT2D eigenvalue weighted by atomic mass is 10.2. The zero-order valence-electron chi connectivity index (χ0n) is 10.8. The first-order chi connectivity index (χ1) is 9.65. The molecule has 1 amide bonds. The number of carbonyl (C=O) groups is 1.